The number of aromatic amines is 1. The summed E-state index contributed by atoms with van der Waals surface area (Å²) in [6, 6.07) is 8.83. The van der Waals surface area contributed by atoms with Gasteiger partial charge in [-0.15, -0.1) is 0 Å². The van der Waals surface area contributed by atoms with Crippen molar-refractivity contribution in [3.63, 3.8) is 0 Å². The Morgan fingerprint density at radius 1 is 1.57 bits per heavy atom. The second kappa shape index (κ2) is 3.96. The van der Waals surface area contributed by atoms with Gasteiger partial charge in [0.05, 0.1) is 19.1 Å². The van der Waals surface area contributed by atoms with E-state index in [9.17, 15) is 0 Å². The quantitative estimate of drug-likeness (QED) is 0.795. The van der Waals surface area contributed by atoms with Crippen LogP contribution in [0.3, 0.4) is 0 Å². The first-order valence-electron chi connectivity index (χ1n) is 4.41. The Morgan fingerprint density at radius 2 is 2.50 bits per heavy atom. The molecule has 3 nitrogen and oxygen atoms in total. The molecule has 1 radical (unpaired) electrons. The maximum atomic E-state index is 5.09. The molecule has 1 heterocycles. The number of hydrogen-bond acceptors (Lipinski definition) is 2. The highest BCUT2D eigenvalue weighted by molar-refractivity contribution is 5.29. The molecule has 0 unspecified atom stereocenters. The summed E-state index contributed by atoms with van der Waals surface area (Å²) in [4.78, 5) is 7.09. The molecule has 14 heavy (non-hydrogen) atoms. The number of rotatable bonds is 3. The zero-order chi connectivity index (χ0) is 9.80. The SMILES string of the molecule is COc1[c]ccc(Cc2c[nH]cn2)c1. The van der Waals surface area contributed by atoms with Crippen LogP contribution >= 0.6 is 0 Å². The maximum Gasteiger partial charge on any atom is 0.127 e. The van der Waals surface area contributed by atoms with Crippen molar-refractivity contribution in [3.8, 4) is 5.75 Å². The number of ether oxygens (including phenoxy) is 1. The van der Waals surface area contributed by atoms with Crippen molar-refractivity contribution in [2.24, 2.45) is 0 Å². The third-order valence-corrected chi connectivity index (χ3v) is 2.00. The van der Waals surface area contributed by atoms with Crippen molar-refractivity contribution in [1.82, 2.24) is 9.97 Å². The van der Waals surface area contributed by atoms with Gasteiger partial charge in [0, 0.05) is 18.7 Å². The lowest BCUT2D eigenvalue weighted by atomic mass is 10.1. The molecule has 0 saturated carbocycles. The zero-order valence-corrected chi connectivity index (χ0v) is 7.95. The van der Waals surface area contributed by atoms with E-state index in [4.69, 9.17) is 4.74 Å². The zero-order valence-electron chi connectivity index (χ0n) is 7.95. The molecule has 0 fully saturated rings. The molecule has 1 N–H and O–H groups in total. The molecule has 0 aliphatic carbocycles. The first-order valence-corrected chi connectivity index (χ1v) is 4.41. The molecular formula is C11H11N2O. The number of hydrogen-bond donors (Lipinski definition) is 1. The van der Waals surface area contributed by atoms with E-state index in [1.807, 2.05) is 24.4 Å². The normalized spacial score (nSPS) is 10.1. The molecule has 3 heteroatoms. The molecule has 1 aromatic carbocycles. The van der Waals surface area contributed by atoms with E-state index in [-0.39, 0.29) is 0 Å². The van der Waals surface area contributed by atoms with E-state index < -0.39 is 0 Å². The minimum Gasteiger partial charge on any atom is -0.496 e. The molecule has 71 valence electrons. The molecule has 0 amide bonds. The van der Waals surface area contributed by atoms with Crippen LogP contribution in [0.2, 0.25) is 0 Å². The molecule has 0 aliphatic rings. The monoisotopic (exact) mass is 187 g/mol. The Bertz CT molecular complexity index is 395. The predicted octanol–water partition coefficient (Wildman–Crippen LogP) is 1.81. The minimum absolute atomic E-state index is 0.762. The van der Waals surface area contributed by atoms with E-state index in [2.05, 4.69) is 16.0 Å². The van der Waals surface area contributed by atoms with Crippen molar-refractivity contribution < 1.29 is 4.74 Å². The van der Waals surface area contributed by atoms with E-state index in [0.717, 1.165) is 17.9 Å². The summed E-state index contributed by atoms with van der Waals surface area (Å²) < 4.78 is 5.09. The van der Waals surface area contributed by atoms with E-state index >= 15 is 0 Å². The maximum absolute atomic E-state index is 5.09. The highest BCUT2D eigenvalue weighted by Gasteiger charge is 1.99. The van der Waals surface area contributed by atoms with Crippen molar-refractivity contribution in [1.29, 1.82) is 0 Å². The first-order chi connectivity index (χ1) is 6.88. The number of benzene rings is 1. The Balaban J connectivity index is 2.17. The van der Waals surface area contributed by atoms with Gasteiger partial charge in [0.25, 0.3) is 0 Å². The lowest BCUT2D eigenvalue weighted by Crippen LogP contribution is -1.89. The average Bonchev–Trinajstić information content (AvgIpc) is 2.71. The van der Waals surface area contributed by atoms with Crippen molar-refractivity contribution in [2.45, 2.75) is 6.42 Å². The van der Waals surface area contributed by atoms with Gasteiger partial charge in [0.15, 0.2) is 0 Å². The molecule has 0 aliphatic heterocycles. The minimum atomic E-state index is 0.762. The van der Waals surface area contributed by atoms with Crippen molar-refractivity contribution in [3.05, 3.63) is 48.0 Å². The predicted molar refractivity (Wildman–Crippen MR) is 53.2 cm³/mol. The van der Waals surface area contributed by atoms with E-state index in [0.29, 0.717) is 0 Å². The standard InChI is InChI=1S/C11H11N2O/c1-14-11-4-2-3-9(6-11)5-10-7-12-8-13-10/h2-3,6-8H,5H2,1H3,(H,12,13). The molecule has 0 bridgehead atoms. The van der Waals surface area contributed by atoms with Crippen molar-refractivity contribution >= 4 is 0 Å². The molecule has 0 spiro atoms. The summed E-state index contributed by atoms with van der Waals surface area (Å²) in [5.41, 5.74) is 2.20. The first kappa shape index (κ1) is 8.81. The van der Waals surface area contributed by atoms with Crippen LogP contribution in [-0.2, 0) is 6.42 Å². The highest BCUT2D eigenvalue weighted by Crippen LogP contribution is 2.14. The van der Waals surface area contributed by atoms with Gasteiger partial charge in [-0.05, 0) is 11.6 Å². The van der Waals surface area contributed by atoms with Crippen LogP contribution in [-0.4, -0.2) is 17.1 Å². The van der Waals surface area contributed by atoms with Crippen LogP contribution < -0.4 is 4.74 Å². The second-order valence-corrected chi connectivity index (χ2v) is 3.00. The van der Waals surface area contributed by atoms with Crippen LogP contribution in [0.15, 0.2) is 30.7 Å². The van der Waals surface area contributed by atoms with Crippen LogP contribution in [0.4, 0.5) is 0 Å². The van der Waals surface area contributed by atoms with Gasteiger partial charge in [0.1, 0.15) is 5.75 Å². The fourth-order valence-corrected chi connectivity index (χ4v) is 1.31. The molecule has 0 atom stereocenters. The fraction of sp³-hybridized carbons (Fsp3) is 0.182. The third kappa shape index (κ3) is 1.93. The van der Waals surface area contributed by atoms with Gasteiger partial charge in [-0.1, -0.05) is 12.1 Å². The van der Waals surface area contributed by atoms with Crippen LogP contribution in [0, 0.1) is 6.07 Å². The van der Waals surface area contributed by atoms with Crippen LogP contribution in [0.5, 0.6) is 5.75 Å². The Hall–Kier alpha value is -1.77. The Kier molecular flexibility index (Phi) is 2.49. The number of aromatic nitrogens is 2. The summed E-state index contributed by atoms with van der Waals surface area (Å²) in [5.74, 6) is 0.762. The lowest BCUT2D eigenvalue weighted by molar-refractivity contribution is 0.413. The fourth-order valence-electron chi connectivity index (χ4n) is 1.31. The summed E-state index contributed by atoms with van der Waals surface area (Å²) in [6.07, 6.45) is 4.39. The molecule has 1 aromatic heterocycles. The number of imidazole rings is 1. The third-order valence-electron chi connectivity index (χ3n) is 2.00. The van der Waals surface area contributed by atoms with Gasteiger partial charge in [-0.2, -0.15) is 0 Å². The van der Waals surface area contributed by atoms with Gasteiger partial charge in [0.2, 0.25) is 0 Å². The van der Waals surface area contributed by atoms with E-state index in [1.165, 1.54) is 5.56 Å². The Labute approximate surface area is 82.8 Å². The molecule has 2 aromatic rings. The topological polar surface area (TPSA) is 37.9 Å². The molecule has 0 saturated heterocycles. The average molecular weight is 187 g/mol. The summed E-state index contributed by atoms with van der Waals surface area (Å²) in [7, 11) is 1.64. The second-order valence-electron chi connectivity index (χ2n) is 3.00. The lowest BCUT2D eigenvalue weighted by Gasteiger charge is -2.01. The van der Waals surface area contributed by atoms with Gasteiger partial charge in [-0.25, -0.2) is 4.98 Å². The molecule has 2 rings (SSSR count). The smallest absolute Gasteiger partial charge is 0.127 e. The largest absolute Gasteiger partial charge is 0.496 e. The number of nitrogens with zero attached hydrogens (tertiary/aromatic N) is 1. The number of H-pyrrole nitrogens is 1. The van der Waals surface area contributed by atoms with E-state index in [1.54, 1.807) is 13.4 Å². The summed E-state index contributed by atoms with van der Waals surface area (Å²) in [6.45, 7) is 0. The summed E-state index contributed by atoms with van der Waals surface area (Å²) in [5, 5.41) is 0. The number of nitrogens with one attached hydrogen (secondary N) is 1. The van der Waals surface area contributed by atoms with Crippen LogP contribution in [0.1, 0.15) is 11.3 Å². The van der Waals surface area contributed by atoms with Gasteiger partial charge >= 0.3 is 0 Å². The van der Waals surface area contributed by atoms with Crippen LogP contribution in [0.25, 0.3) is 0 Å². The molecular weight excluding hydrogens is 176 g/mol. The number of methoxy groups -OCH3 is 1. The van der Waals surface area contributed by atoms with Crippen molar-refractivity contribution in [2.75, 3.05) is 7.11 Å². The van der Waals surface area contributed by atoms with Gasteiger partial charge in [-0.3, -0.25) is 0 Å². The van der Waals surface area contributed by atoms with Gasteiger partial charge < -0.3 is 9.72 Å². The summed E-state index contributed by atoms with van der Waals surface area (Å²) >= 11 is 0. The Morgan fingerprint density at radius 3 is 3.21 bits per heavy atom. The highest BCUT2D eigenvalue weighted by atomic mass is 16.5.